The van der Waals surface area contributed by atoms with Gasteiger partial charge in [0, 0.05) is 0 Å². The van der Waals surface area contributed by atoms with Gasteiger partial charge in [-0.1, -0.05) is 48.5 Å². The Morgan fingerprint density at radius 2 is 1.61 bits per heavy atom. The van der Waals surface area contributed by atoms with Crippen molar-refractivity contribution in [3.05, 3.63) is 107 Å². The van der Waals surface area contributed by atoms with E-state index in [1.165, 1.54) is 6.07 Å². The summed E-state index contributed by atoms with van der Waals surface area (Å²) in [5, 5.41) is 0. The standard InChI is InChI=1S/C25H17BrFN2O.BrH/c26-21-12-20(15-29(16-21)14-19-8-4-5-9-22(19)27)25-28-23-13-18(10-11-24(23)30-25)17-6-2-1-3-7-17;/h1-13,15-16H,14H2;1H/q+1;/p-1. The smallest absolute Gasteiger partial charge is 0.233 e. The van der Waals surface area contributed by atoms with Crippen molar-refractivity contribution in [2.24, 2.45) is 0 Å². The molecule has 0 amide bonds. The quantitative estimate of drug-likeness (QED) is 0.328. The maximum absolute atomic E-state index is 14.1. The number of hydrogen-bond donors (Lipinski definition) is 0. The maximum atomic E-state index is 14.1. The van der Waals surface area contributed by atoms with Crippen LogP contribution in [0.3, 0.4) is 0 Å². The fraction of sp³-hybridized carbons (Fsp3) is 0.0400. The second-order valence-electron chi connectivity index (χ2n) is 7.07. The topological polar surface area (TPSA) is 29.9 Å². The van der Waals surface area contributed by atoms with Crippen LogP contribution in [0, 0.1) is 5.82 Å². The molecule has 0 unspecified atom stereocenters. The lowest BCUT2D eigenvalue weighted by Gasteiger charge is -2.02. The summed E-state index contributed by atoms with van der Waals surface area (Å²) in [6.45, 7) is 0.414. The van der Waals surface area contributed by atoms with Crippen LogP contribution in [0.5, 0.6) is 0 Å². The summed E-state index contributed by atoms with van der Waals surface area (Å²) in [7, 11) is 0. The van der Waals surface area contributed by atoms with E-state index in [1.54, 1.807) is 12.1 Å². The summed E-state index contributed by atoms with van der Waals surface area (Å²) >= 11 is 3.54. The molecule has 0 fully saturated rings. The Hall–Kier alpha value is -2.83. The van der Waals surface area contributed by atoms with Crippen molar-refractivity contribution in [1.29, 1.82) is 0 Å². The van der Waals surface area contributed by atoms with Crippen LogP contribution in [0.1, 0.15) is 5.56 Å². The molecule has 2 aromatic heterocycles. The number of aromatic nitrogens is 2. The van der Waals surface area contributed by atoms with Crippen LogP contribution >= 0.6 is 15.9 Å². The van der Waals surface area contributed by atoms with Gasteiger partial charge in [0.2, 0.25) is 5.89 Å². The van der Waals surface area contributed by atoms with Gasteiger partial charge < -0.3 is 21.4 Å². The summed E-state index contributed by atoms with van der Waals surface area (Å²) in [6, 6.07) is 24.9. The Labute approximate surface area is 198 Å². The molecule has 0 aliphatic rings. The Balaban J connectivity index is 0.00000231. The predicted octanol–water partition coefficient (Wildman–Crippen LogP) is 3.40. The number of fused-ring (bicyclic) bond motifs is 1. The molecule has 0 atom stereocenters. The highest BCUT2D eigenvalue weighted by Gasteiger charge is 2.16. The summed E-state index contributed by atoms with van der Waals surface area (Å²) in [4.78, 5) is 4.70. The monoisotopic (exact) mass is 538 g/mol. The molecule has 0 bridgehead atoms. The van der Waals surface area contributed by atoms with Crippen LogP contribution in [0.15, 0.2) is 100 Å². The zero-order chi connectivity index (χ0) is 20.5. The molecule has 2 heterocycles. The van der Waals surface area contributed by atoms with Crippen LogP contribution in [0.2, 0.25) is 0 Å². The van der Waals surface area contributed by atoms with Gasteiger partial charge in [-0.05, 0) is 57.4 Å². The Kier molecular flexibility index (Phi) is 6.30. The first-order valence-electron chi connectivity index (χ1n) is 9.55. The van der Waals surface area contributed by atoms with Gasteiger partial charge in [0.1, 0.15) is 16.9 Å². The van der Waals surface area contributed by atoms with Gasteiger partial charge in [-0.15, -0.1) is 0 Å². The first-order valence-corrected chi connectivity index (χ1v) is 10.3. The predicted molar refractivity (Wildman–Crippen MR) is 118 cm³/mol. The normalized spacial score (nSPS) is 10.8. The van der Waals surface area contributed by atoms with Crippen LogP contribution < -0.4 is 21.5 Å². The van der Waals surface area contributed by atoms with Gasteiger partial charge >= 0.3 is 0 Å². The molecule has 3 nitrogen and oxygen atoms in total. The van der Waals surface area contributed by atoms with E-state index in [9.17, 15) is 4.39 Å². The molecule has 154 valence electrons. The molecular weight excluding hydrogens is 523 g/mol. The van der Waals surface area contributed by atoms with Gasteiger partial charge in [0.05, 0.1) is 10.0 Å². The maximum Gasteiger partial charge on any atom is 0.233 e. The molecule has 6 heteroatoms. The molecule has 5 aromatic rings. The van der Waals surface area contributed by atoms with Crippen molar-refractivity contribution >= 4 is 27.0 Å². The lowest BCUT2D eigenvalue weighted by Crippen LogP contribution is -3.00. The van der Waals surface area contributed by atoms with Crippen molar-refractivity contribution in [2.75, 3.05) is 0 Å². The summed E-state index contributed by atoms with van der Waals surface area (Å²) in [6.07, 6.45) is 3.83. The second kappa shape index (κ2) is 9.12. The van der Waals surface area contributed by atoms with Crippen LogP contribution in [0.25, 0.3) is 33.7 Å². The molecule has 3 aromatic carbocycles. The number of halogens is 3. The highest BCUT2D eigenvalue weighted by molar-refractivity contribution is 9.10. The number of hydrogen-bond acceptors (Lipinski definition) is 2. The molecule has 5 rings (SSSR count). The molecule has 0 saturated heterocycles. The van der Waals surface area contributed by atoms with E-state index in [2.05, 4.69) is 28.1 Å². The molecule has 31 heavy (non-hydrogen) atoms. The van der Waals surface area contributed by atoms with Gasteiger partial charge in [0.25, 0.3) is 0 Å². The minimum absolute atomic E-state index is 0. The van der Waals surface area contributed by atoms with Gasteiger partial charge in [-0.3, -0.25) is 0 Å². The summed E-state index contributed by atoms with van der Waals surface area (Å²) in [5.74, 6) is 0.306. The van der Waals surface area contributed by atoms with Crippen molar-refractivity contribution in [3.8, 4) is 22.6 Å². The van der Waals surface area contributed by atoms with E-state index in [4.69, 9.17) is 9.40 Å². The SMILES string of the molecule is Fc1ccccc1C[n+]1cc(Br)cc(-c2nc3cc(-c4ccccc4)ccc3o2)c1.[Br-]. The molecular formula is C25H17Br2FN2O. The average molecular weight is 540 g/mol. The van der Waals surface area contributed by atoms with Crippen molar-refractivity contribution in [2.45, 2.75) is 6.54 Å². The molecule has 0 N–H and O–H groups in total. The Morgan fingerprint density at radius 1 is 0.839 bits per heavy atom. The van der Waals surface area contributed by atoms with Crippen molar-refractivity contribution in [1.82, 2.24) is 4.98 Å². The largest absolute Gasteiger partial charge is 1.00 e. The average Bonchev–Trinajstić information content (AvgIpc) is 3.19. The molecule has 0 aliphatic heterocycles. The van der Waals surface area contributed by atoms with Crippen molar-refractivity contribution < 1.29 is 30.4 Å². The van der Waals surface area contributed by atoms with Crippen LogP contribution in [-0.4, -0.2) is 4.98 Å². The van der Waals surface area contributed by atoms with Gasteiger partial charge in [-0.2, -0.15) is 4.57 Å². The fourth-order valence-electron chi connectivity index (χ4n) is 3.49. The number of oxazole rings is 1. The molecule has 0 radical (unpaired) electrons. The molecule has 0 aliphatic carbocycles. The molecule has 0 saturated carbocycles. The third-order valence-corrected chi connectivity index (χ3v) is 5.37. The van der Waals surface area contributed by atoms with E-state index >= 15 is 0 Å². The van der Waals surface area contributed by atoms with Crippen molar-refractivity contribution in [3.63, 3.8) is 0 Å². The lowest BCUT2D eigenvalue weighted by molar-refractivity contribution is -0.688. The highest BCUT2D eigenvalue weighted by atomic mass is 79.9. The Bertz CT molecular complexity index is 1350. The van der Waals surface area contributed by atoms with E-state index in [0.717, 1.165) is 32.3 Å². The zero-order valence-corrected chi connectivity index (χ0v) is 19.5. The lowest BCUT2D eigenvalue weighted by atomic mass is 10.1. The highest BCUT2D eigenvalue weighted by Crippen LogP contribution is 2.29. The third kappa shape index (κ3) is 4.60. The zero-order valence-electron chi connectivity index (χ0n) is 16.3. The second-order valence-corrected chi connectivity index (χ2v) is 7.99. The first kappa shape index (κ1) is 21.4. The Morgan fingerprint density at radius 3 is 2.42 bits per heavy atom. The summed E-state index contributed by atoms with van der Waals surface area (Å²) < 4.78 is 22.9. The molecule has 0 spiro atoms. The number of benzene rings is 3. The minimum Gasteiger partial charge on any atom is -1.00 e. The minimum atomic E-state index is -0.221. The number of pyridine rings is 1. The van der Waals surface area contributed by atoms with E-state index in [-0.39, 0.29) is 22.8 Å². The fourth-order valence-corrected chi connectivity index (χ4v) is 4.00. The number of nitrogens with zero attached hydrogens (tertiary/aromatic N) is 2. The van der Waals surface area contributed by atoms with Gasteiger partial charge in [-0.25, -0.2) is 9.37 Å². The van der Waals surface area contributed by atoms with E-state index in [1.807, 2.05) is 65.5 Å². The number of rotatable bonds is 4. The van der Waals surface area contributed by atoms with Crippen LogP contribution in [0.4, 0.5) is 4.39 Å². The van der Waals surface area contributed by atoms with E-state index in [0.29, 0.717) is 18.0 Å². The first-order chi connectivity index (χ1) is 14.7. The third-order valence-electron chi connectivity index (χ3n) is 4.94. The van der Waals surface area contributed by atoms with Crippen LogP contribution in [-0.2, 0) is 6.54 Å². The van der Waals surface area contributed by atoms with E-state index < -0.39 is 0 Å². The van der Waals surface area contributed by atoms with Gasteiger partial charge in [0.15, 0.2) is 24.5 Å². The summed E-state index contributed by atoms with van der Waals surface area (Å²) in [5.41, 5.74) is 5.19.